The number of likely N-dealkylation sites (tertiary alicyclic amines) is 1. The predicted molar refractivity (Wildman–Crippen MR) is 114 cm³/mol. The van der Waals surface area contributed by atoms with E-state index in [4.69, 9.17) is 4.74 Å². The van der Waals surface area contributed by atoms with E-state index >= 15 is 0 Å². The molecule has 0 unspecified atom stereocenters. The molecule has 0 spiro atoms. The topological polar surface area (TPSA) is 87.7 Å². The third-order valence-electron chi connectivity index (χ3n) is 4.60. The summed E-state index contributed by atoms with van der Waals surface area (Å²) in [5.74, 6) is -0.528. The molecule has 1 heterocycles. The Hall–Kier alpha value is -2.87. The van der Waals surface area contributed by atoms with Gasteiger partial charge >= 0.3 is 6.09 Å². The van der Waals surface area contributed by atoms with Crippen molar-refractivity contribution in [3.05, 3.63) is 58.6 Å². The number of anilines is 2. The van der Waals surface area contributed by atoms with Crippen LogP contribution in [0.25, 0.3) is 0 Å². The Morgan fingerprint density at radius 1 is 1.10 bits per heavy atom. The predicted octanol–water partition coefficient (Wildman–Crippen LogP) is 4.26. The largest absolute Gasteiger partial charge is 0.450 e. The molecule has 0 saturated carbocycles. The summed E-state index contributed by atoms with van der Waals surface area (Å²) in [6.07, 6.45) is 0.692. The first kappa shape index (κ1) is 20.9. The van der Waals surface area contributed by atoms with E-state index in [1.807, 2.05) is 12.1 Å². The second kappa shape index (κ2) is 9.56. The molecule has 1 aliphatic heterocycles. The number of amides is 3. The third-order valence-corrected chi connectivity index (χ3v) is 5.13. The first-order valence-electron chi connectivity index (χ1n) is 9.39. The molecule has 3 rings (SSSR count). The first-order chi connectivity index (χ1) is 14.0. The van der Waals surface area contributed by atoms with Crippen LogP contribution in [0.5, 0.6) is 0 Å². The molecular weight excluding hydrogens is 438 g/mol. The molecule has 2 N–H and O–H groups in total. The third kappa shape index (κ3) is 5.14. The minimum atomic E-state index is -0.626. The summed E-state index contributed by atoms with van der Waals surface area (Å²) in [5, 5.41) is 5.46. The van der Waals surface area contributed by atoms with E-state index < -0.39 is 12.1 Å². The number of hydrogen-bond acceptors (Lipinski definition) is 4. The number of hydrogen-bond donors (Lipinski definition) is 2. The second-order valence-corrected chi connectivity index (χ2v) is 7.46. The van der Waals surface area contributed by atoms with E-state index in [1.54, 1.807) is 48.2 Å². The molecule has 29 heavy (non-hydrogen) atoms. The van der Waals surface area contributed by atoms with Crippen LogP contribution in [0.4, 0.5) is 16.2 Å². The highest BCUT2D eigenvalue weighted by Crippen LogP contribution is 2.25. The number of ether oxygens (including phenoxy) is 1. The molecule has 152 valence electrons. The summed E-state index contributed by atoms with van der Waals surface area (Å²) in [4.78, 5) is 39.3. The molecule has 7 nitrogen and oxygen atoms in total. The van der Waals surface area contributed by atoms with Crippen molar-refractivity contribution in [2.45, 2.75) is 25.8 Å². The van der Waals surface area contributed by atoms with E-state index in [-0.39, 0.29) is 18.4 Å². The van der Waals surface area contributed by atoms with E-state index in [2.05, 4.69) is 26.6 Å². The van der Waals surface area contributed by atoms with Crippen molar-refractivity contribution in [3.63, 3.8) is 0 Å². The highest BCUT2D eigenvalue weighted by molar-refractivity contribution is 9.10. The van der Waals surface area contributed by atoms with Gasteiger partial charge in [0.2, 0.25) is 5.91 Å². The SMILES string of the molecule is CCOC(=O)Nc1ccccc1C(=O)N1CCC[C@H]1C(=O)Nc1ccc(Br)cc1. The van der Waals surface area contributed by atoms with Crippen LogP contribution in [0, 0.1) is 0 Å². The fourth-order valence-electron chi connectivity index (χ4n) is 3.25. The molecule has 2 aromatic carbocycles. The fraction of sp³-hybridized carbons (Fsp3) is 0.286. The molecule has 1 atom stereocenters. The van der Waals surface area contributed by atoms with Gasteiger partial charge in [-0.2, -0.15) is 0 Å². The van der Waals surface area contributed by atoms with Crippen LogP contribution in [0.15, 0.2) is 53.0 Å². The maximum absolute atomic E-state index is 13.2. The zero-order valence-corrected chi connectivity index (χ0v) is 17.6. The molecule has 0 aromatic heterocycles. The Bertz CT molecular complexity index is 901. The van der Waals surface area contributed by atoms with E-state index in [1.165, 1.54) is 0 Å². The summed E-state index contributed by atoms with van der Waals surface area (Å²) in [6.45, 7) is 2.41. The van der Waals surface area contributed by atoms with Gasteiger partial charge in [0.1, 0.15) is 6.04 Å². The number of para-hydroxylation sites is 1. The summed E-state index contributed by atoms with van der Waals surface area (Å²) in [6, 6.07) is 13.4. The van der Waals surface area contributed by atoms with Gasteiger partial charge in [0.15, 0.2) is 0 Å². The van der Waals surface area contributed by atoms with Gasteiger partial charge in [-0.05, 0) is 56.2 Å². The highest BCUT2D eigenvalue weighted by Gasteiger charge is 2.35. The Labute approximate surface area is 177 Å². The van der Waals surface area contributed by atoms with Gasteiger partial charge in [0.05, 0.1) is 17.9 Å². The molecule has 0 aliphatic carbocycles. The molecule has 1 saturated heterocycles. The van der Waals surface area contributed by atoms with E-state index in [9.17, 15) is 14.4 Å². The van der Waals surface area contributed by atoms with Gasteiger partial charge in [0.25, 0.3) is 5.91 Å². The van der Waals surface area contributed by atoms with Crippen LogP contribution in [0.1, 0.15) is 30.1 Å². The van der Waals surface area contributed by atoms with Crippen molar-refractivity contribution >= 4 is 45.2 Å². The van der Waals surface area contributed by atoms with Crippen molar-refractivity contribution in [2.75, 3.05) is 23.8 Å². The number of carbonyl (C=O) groups is 3. The minimum absolute atomic E-state index is 0.228. The van der Waals surface area contributed by atoms with Crippen LogP contribution in [-0.2, 0) is 9.53 Å². The standard InChI is InChI=1S/C21H22BrN3O4/c1-2-29-21(28)24-17-7-4-3-6-16(17)20(27)25-13-5-8-18(25)19(26)23-15-11-9-14(22)10-12-15/h3-4,6-7,9-12,18H,2,5,8,13H2,1H3,(H,23,26)(H,24,28)/t18-/m0/s1. The Balaban J connectivity index is 1.75. The van der Waals surface area contributed by atoms with Crippen LogP contribution in [0.2, 0.25) is 0 Å². The van der Waals surface area contributed by atoms with Crippen LogP contribution in [-0.4, -0.2) is 42.0 Å². The number of nitrogens with zero attached hydrogens (tertiary/aromatic N) is 1. The average molecular weight is 460 g/mol. The molecule has 8 heteroatoms. The molecule has 2 aromatic rings. The number of rotatable bonds is 5. The number of halogens is 1. The van der Waals surface area contributed by atoms with Crippen LogP contribution in [0.3, 0.4) is 0 Å². The number of benzene rings is 2. The molecule has 1 fully saturated rings. The summed E-state index contributed by atoms with van der Waals surface area (Å²) < 4.78 is 5.81. The number of nitrogens with one attached hydrogen (secondary N) is 2. The molecule has 0 bridgehead atoms. The lowest BCUT2D eigenvalue weighted by atomic mass is 10.1. The van der Waals surface area contributed by atoms with Gasteiger partial charge in [-0.15, -0.1) is 0 Å². The maximum Gasteiger partial charge on any atom is 0.411 e. The second-order valence-electron chi connectivity index (χ2n) is 6.54. The minimum Gasteiger partial charge on any atom is -0.450 e. The lowest BCUT2D eigenvalue weighted by Crippen LogP contribution is -2.43. The summed E-state index contributed by atoms with van der Waals surface area (Å²) >= 11 is 3.36. The highest BCUT2D eigenvalue weighted by atomic mass is 79.9. The number of carbonyl (C=O) groups excluding carboxylic acids is 3. The smallest absolute Gasteiger partial charge is 0.411 e. The van der Waals surface area contributed by atoms with E-state index in [0.29, 0.717) is 29.9 Å². The quantitative estimate of drug-likeness (QED) is 0.698. The van der Waals surface area contributed by atoms with Crippen molar-refractivity contribution in [2.24, 2.45) is 0 Å². The molecular formula is C21H22BrN3O4. The van der Waals surface area contributed by atoms with Gasteiger partial charge in [-0.1, -0.05) is 28.1 Å². The monoisotopic (exact) mass is 459 g/mol. The van der Waals surface area contributed by atoms with Crippen molar-refractivity contribution in [1.82, 2.24) is 4.90 Å². The summed E-state index contributed by atoms with van der Waals surface area (Å²) in [5.41, 5.74) is 1.35. The Morgan fingerprint density at radius 2 is 1.83 bits per heavy atom. The Morgan fingerprint density at radius 3 is 2.55 bits per heavy atom. The van der Waals surface area contributed by atoms with Gasteiger partial charge in [-0.25, -0.2) is 4.79 Å². The maximum atomic E-state index is 13.2. The van der Waals surface area contributed by atoms with Crippen molar-refractivity contribution < 1.29 is 19.1 Å². The molecule has 0 radical (unpaired) electrons. The van der Waals surface area contributed by atoms with Gasteiger partial charge < -0.3 is 15.0 Å². The summed E-state index contributed by atoms with van der Waals surface area (Å²) in [7, 11) is 0. The normalized spacial score (nSPS) is 15.7. The first-order valence-corrected chi connectivity index (χ1v) is 10.2. The van der Waals surface area contributed by atoms with Crippen LogP contribution >= 0.6 is 15.9 Å². The zero-order valence-electron chi connectivity index (χ0n) is 16.0. The van der Waals surface area contributed by atoms with Crippen molar-refractivity contribution in [1.29, 1.82) is 0 Å². The van der Waals surface area contributed by atoms with Gasteiger partial charge in [0, 0.05) is 16.7 Å². The lowest BCUT2D eigenvalue weighted by Gasteiger charge is -2.25. The average Bonchev–Trinajstić information content (AvgIpc) is 3.20. The zero-order chi connectivity index (χ0) is 20.8. The van der Waals surface area contributed by atoms with E-state index in [0.717, 1.165) is 10.9 Å². The van der Waals surface area contributed by atoms with Gasteiger partial charge in [-0.3, -0.25) is 14.9 Å². The van der Waals surface area contributed by atoms with Crippen molar-refractivity contribution in [3.8, 4) is 0 Å². The lowest BCUT2D eigenvalue weighted by molar-refractivity contribution is -0.119. The Kier molecular flexibility index (Phi) is 6.87. The molecule has 1 aliphatic rings. The molecule has 3 amide bonds. The fourth-order valence-corrected chi connectivity index (χ4v) is 3.52. The van der Waals surface area contributed by atoms with Crippen LogP contribution < -0.4 is 10.6 Å².